The molecule has 2 amide bonds. The van der Waals surface area contributed by atoms with E-state index >= 15 is 0 Å². The van der Waals surface area contributed by atoms with Gasteiger partial charge < -0.3 is 9.64 Å². The Morgan fingerprint density at radius 3 is 2.55 bits per heavy atom. The van der Waals surface area contributed by atoms with Crippen LogP contribution in [0.2, 0.25) is 0 Å². The molecule has 0 aliphatic carbocycles. The van der Waals surface area contributed by atoms with Crippen molar-refractivity contribution in [2.24, 2.45) is 0 Å². The Labute approximate surface area is 169 Å². The van der Waals surface area contributed by atoms with Gasteiger partial charge in [-0.25, -0.2) is 0 Å². The summed E-state index contributed by atoms with van der Waals surface area (Å²) >= 11 is 0. The Kier molecular flexibility index (Phi) is 5.61. The quantitative estimate of drug-likeness (QED) is 0.659. The lowest BCUT2D eigenvalue weighted by Gasteiger charge is -2.30. The Bertz CT molecular complexity index is 1030. The Balaban J connectivity index is 1.24. The first-order valence-electron chi connectivity index (χ1n) is 9.71. The summed E-state index contributed by atoms with van der Waals surface area (Å²) in [6.07, 6.45) is 2.04. The van der Waals surface area contributed by atoms with Crippen LogP contribution in [-0.2, 0) is 16.0 Å². The first-order valence-corrected chi connectivity index (χ1v) is 9.71. The molecule has 3 aromatic rings. The number of amides is 2. The van der Waals surface area contributed by atoms with Crippen LogP contribution >= 0.6 is 0 Å². The Hall–Kier alpha value is -3.54. The summed E-state index contributed by atoms with van der Waals surface area (Å²) in [6, 6.07) is 21.7. The molecular formula is C23H23N3O3. The number of rotatable bonds is 5. The minimum Gasteiger partial charge on any atom is -0.484 e. The number of fused-ring (bicyclic) bond motifs is 2. The largest absolute Gasteiger partial charge is 0.484 e. The fraction of sp³-hybridized carbons (Fsp3) is 0.217. The summed E-state index contributed by atoms with van der Waals surface area (Å²) in [4.78, 5) is 26.3. The lowest BCUT2D eigenvalue weighted by molar-refractivity contribution is -0.129. The van der Waals surface area contributed by atoms with Crippen LogP contribution in [-0.4, -0.2) is 31.5 Å². The van der Waals surface area contributed by atoms with Gasteiger partial charge in [-0.1, -0.05) is 48.5 Å². The minimum atomic E-state index is -0.412. The van der Waals surface area contributed by atoms with Crippen molar-refractivity contribution in [3.63, 3.8) is 0 Å². The lowest BCUT2D eigenvalue weighted by Crippen LogP contribution is -2.48. The number of nitrogens with zero attached hydrogens (tertiary/aromatic N) is 1. The monoisotopic (exact) mass is 389 g/mol. The molecule has 1 aliphatic heterocycles. The Morgan fingerprint density at radius 2 is 1.66 bits per heavy atom. The van der Waals surface area contributed by atoms with E-state index in [1.54, 1.807) is 0 Å². The van der Waals surface area contributed by atoms with Gasteiger partial charge in [0.15, 0.2) is 6.61 Å². The summed E-state index contributed by atoms with van der Waals surface area (Å²) in [5.74, 6) is -0.0681. The Morgan fingerprint density at radius 1 is 0.897 bits per heavy atom. The van der Waals surface area contributed by atoms with Crippen LogP contribution < -0.4 is 20.5 Å². The summed E-state index contributed by atoms with van der Waals surface area (Å²) in [5.41, 5.74) is 7.21. The molecule has 0 fully saturated rings. The van der Waals surface area contributed by atoms with Gasteiger partial charge in [0.1, 0.15) is 5.75 Å². The third-order valence-corrected chi connectivity index (χ3v) is 4.97. The zero-order chi connectivity index (χ0) is 20.1. The third kappa shape index (κ3) is 4.66. The van der Waals surface area contributed by atoms with Crippen molar-refractivity contribution in [1.82, 2.24) is 10.9 Å². The molecule has 29 heavy (non-hydrogen) atoms. The number of carbonyl (C=O) groups is 2. The minimum absolute atomic E-state index is 0.175. The van der Waals surface area contributed by atoms with E-state index in [2.05, 4.69) is 16.9 Å². The predicted octanol–water partition coefficient (Wildman–Crippen LogP) is 2.82. The van der Waals surface area contributed by atoms with E-state index < -0.39 is 5.91 Å². The molecule has 3 aromatic carbocycles. The maximum Gasteiger partial charge on any atom is 0.276 e. The molecule has 0 unspecified atom stereocenters. The van der Waals surface area contributed by atoms with Crippen molar-refractivity contribution in [2.45, 2.75) is 12.8 Å². The second-order valence-electron chi connectivity index (χ2n) is 7.05. The van der Waals surface area contributed by atoms with Crippen LogP contribution in [0, 0.1) is 0 Å². The second-order valence-corrected chi connectivity index (χ2v) is 7.05. The molecular weight excluding hydrogens is 366 g/mol. The molecule has 4 rings (SSSR count). The number of para-hydroxylation sites is 1. The topological polar surface area (TPSA) is 70.7 Å². The van der Waals surface area contributed by atoms with E-state index in [1.807, 2.05) is 65.6 Å². The fourth-order valence-corrected chi connectivity index (χ4v) is 3.57. The van der Waals surface area contributed by atoms with Gasteiger partial charge in [-0.3, -0.25) is 20.4 Å². The van der Waals surface area contributed by atoms with Crippen LogP contribution in [0.25, 0.3) is 10.8 Å². The highest BCUT2D eigenvalue weighted by Gasteiger charge is 2.18. The smallest absolute Gasteiger partial charge is 0.276 e. The highest BCUT2D eigenvalue weighted by atomic mass is 16.5. The molecule has 2 N–H and O–H groups in total. The van der Waals surface area contributed by atoms with Gasteiger partial charge in [0.05, 0.1) is 6.54 Å². The summed E-state index contributed by atoms with van der Waals surface area (Å²) in [7, 11) is 0. The molecule has 0 atom stereocenters. The van der Waals surface area contributed by atoms with Crippen molar-refractivity contribution in [1.29, 1.82) is 0 Å². The molecule has 148 valence electrons. The number of hydrogen-bond donors (Lipinski definition) is 2. The van der Waals surface area contributed by atoms with E-state index in [0.29, 0.717) is 5.75 Å². The van der Waals surface area contributed by atoms with Gasteiger partial charge in [0, 0.05) is 12.2 Å². The second kappa shape index (κ2) is 8.65. The molecule has 1 heterocycles. The van der Waals surface area contributed by atoms with Gasteiger partial charge in [0.25, 0.3) is 11.8 Å². The zero-order valence-electron chi connectivity index (χ0n) is 16.1. The predicted molar refractivity (Wildman–Crippen MR) is 113 cm³/mol. The van der Waals surface area contributed by atoms with E-state index in [-0.39, 0.29) is 19.1 Å². The summed E-state index contributed by atoms with van der Waals surface area (Å²) in [5, 5.41) is 2.15. The average molecular weight is 389 g/mol. The summed E-state index contributed by atoms with van der Waals surface area (Å²) < 4.78 is 5.53. The fourth-order valence-electron chi connectivity index (χ4n) is 3.57. The molecule has 6 nitrogen and oxygen atoms in total. The van der Waals surface area contributed by atoms with Crippen molar-refractivity contribution < 1.29 is 14.3 Å². The number of benzene rings is 3. The number of hydrazine groups is 1. The average Bonchev–Trinajstić information content (AvgIpc) is 2.76. The van der Waals surface area contributed by atoms with Crippen molar-refractivity contribution >= 4 is 28.3 Å². The van der Waals surface area contributed by atoms with E-state index in [4.69, 9.17) is 4.74 Å². The van der Waals surface area contributed by atoms with Gasteiger partial charge in [0.2, 0.25) is 0 Å². The first kappa shape index (κ1) is 18.8. The van der Waals surface area contributed by atoms with E-state index in [1.165, 1.54) is 5.56 Å². The molecule has 1 aliphatic rings. The molecule has 0 spiro atoms. The number of hydrogen-bond acceptors (Lipinski definition) is 4. The van der Waals surface area contributed by atoms with Gasteiger partial charge in [-0.05, 0) is 47.4 Å². The van der Waals surface area contributed by atoms with Crippen molar-refractivity contribution in [3.05, 3.63) is 72.3 Å². The number of aryl methyl sites for hydroxylation is 1. The molecule has 0 saturated carbocycles. The van der Waals surface area contributed by atoms with Crippen LogP contribution in [0.15, 0.2) is 66.7 Å². The molecule has 0 saturated heterocycles. The van der Waals surface area contributed by atoms with Crippen LogP contribution in [0.4, 0.5) is 5.69 Å². The van der Waals surface area contributed by atoms with Gasteiger partial charge in [-0.15, -0.1) is 0 Å². The van der Waals surface area contributed by atoms with Crippen LogP contribution in [0.1, 0.15) is 12.0 Å². The molecule has 0 aromatic heterocycles. The normalized spacial score (nSPS) is 12.9. The van der Waals surface area contributed by atoms with E-state index in [9.17, 15) is 9.59 Å². The zero-order valence-corrected chi connectivity index (χ0v) is 16.1. The maximum absolute atomic E-state index is 12.2. The molecule has 0 radical (unpaired) electrons. The first-order chi connectivity index (χ1) is 14.2. The number of nitrogens with one attached hydrogen (secondary N) is 2. The molecule has 6 heteroatoms. The van der Waals surface area contributed by atoms with Crippen LogP contribution in [0.3, 0.4) is 0 Å². The SMILES string of the molecule is O=C(COc1ccc2ccccc2c1)NNC(=O)CN1CCCc2ccccc21. The molecule has 0 bridgehead atoms. The maximum atomic E-state index is 12.2. The standard InChI is InChI=1S/C23H23N3O3/c27-22(15-26-13-5-9-18-7-3-4-10-21(18)26)24-25-23(28)16-29-20-12-11-17-6-1-2-8-19(17)14-20/h1-4,6-8,10-12,14H,5,9,13,15-16H2,(H,24,27)(H,25,28). The van der Waals surface area contributed by atoms with Gasteiger partial charge >= 0.3 is 0 Å². The van der Waals surface area contributed by atoms with Gasteiger partial charge in [-0.2, -0.15) is 0 Å². The van der Waals surface area contributed by atoms with Crippen molar-refractivity contribution in [3.8, 4) is 5.75 Å². The number of carbonyl (C=O) groups excluding carboxylic acids is 2. The highest BCUT2D eigenvalue weighted by Crippen LogP contribution is 2.26. The summed E-state index contributed by atoms with van der Waals surface area (Å²) in [6.45, 7) is 0.845. The highest BCUT2D eigenvalue weighted by molar-refractivity contribution is 5.86. The number of anilines is 1. The van der Waals surface area contributed by atoms with Crippen molar-refractivity contribution in [2.75, 3.05) is 24.6 Å². The number of ether oxygens (including phenoxy) is 1. The van der Waals surface area contributed by atoms with E-state index in [0.717, 1.165) is 35.8 Å². The van der Waals surface area contributed by atoms with Crippen LogP contribution in [0.5, 0.6) is 5.75 Å². The lowest BCUT2D eigenvalue weighted by atomic mass is 10.0. The third-order valence-electron chi connectivity index (χ3n) is 4.97.